The SMILES string of the molecule is CN(C)c1ccc(C2(c3ccccc3)C=Cc3c4c(c5ccccc5c3O2)-c2ccccc2C42CCCCCCC2)cc1.COc1ccc2c3c(c4c(c2c1)OC(c1ccccc1)(c1ccc(N2CCOCC2)cc1)C=C4)C1(CC(C)(C)CC(C)(C)C1)c1ccccc1-3.Cc1ccc(C2(c3ccc(C)cc3)C=Cc3c(c4c(c5ccccc35)-c3ccccc3CC4)O2)cc1. The number of hydrogen-bond donors (Lipinski definition) is 0. The van der Waals surface area contributed by atoms with Gasteiger partial charge in [0.25, 0.3) is 0 Å². The lowest BCUT2D eigenvalue weighted by Gasteiger charge is -2.52. The molecule has 0 aromatic heterocycles. The smallest absolute Gasteiger partial charge is 0.178 e. The van der Waals surface area contributed by atoms with Crippen molar-refractivity contribution in [3.63, 3.8) is 0 Å². The lowest BCUT2D eigenvalue weighted by atomic mass is 9.52. The van der Waals surface area contributed by atoms with Crippen LogP contribution in [-0.2, 0) is 45.2 Å². The molecule has 642 valence electrons. The van der Waals surface area contributed by atoms with Gasteiger partial charge in [-0.1, -0.05) is 338 Å². The summed E-state index contributed by atoms with van der Waals surface area (Å²) in [6.45, 7) is 17.5. The van der Waals surface area contributed by atoms with Crippen LogP contribution in [0.4, 0.5) is 11.4 Å². The van der Waals surface area contributed by atoms with E-state index in [1.54, 1.807) is 7.11 Å². The molecule has 5 aliphatic carbocycles. The van der Waals surface area contributed by atoms with Crippen LogP contribution in [0.3, 0.4) is 0 Å². The molecule has 1 saturated heterocycles. The molecule has 2 atom stereocenters. The summed E-state index contributed by atoms with van der Waals surface area (Å²) in [7, 11) is 5.93. The van der Waals surface area contributed by atoms with E-state index in [0.717, 1.165) is 114 Å². The molecule has 2 spiro atoms. The molecule has 15 aromatic carbocycles. The molecule has 4 heterocycles. The van der Waals surface area contributed by atoms with Crippen molar-refractivity contribution in [3.8, 4) is 56.4 Å². The number of benzene rings is 15. The molecule has 129 heavy (non-hydrogen) atoms. The van der Waals surface area contributed by atoms with Crippen molar-refractivity contribution in [2.45, 2.75) is 146 Å². The first-order valence-corrected chi connectivity index (χ1v) is 47.1. The highest BCUT2D eigenvalue weighted by Crippen LogP contribution is 2.68. The van der Waals surface area contributed by atoms with Crippen LogP contribution in [0.5, 0.6) is 23.0 Å². The van der Waals surface area contributed by atoms with E-state index < -0.39 is 16.8 Å². The molecule has 0 N–H and O–H groups in total. The summed E-state index contributed by atoms with van der Waals surface area (Å²) in [6, 6.07) is 109. The number of methoxy groups -OCH3 is 1. The minimum atomic E-state index is -0.814. The topological polar surface area (TPSA) is 52.6 Å². The maximum atomic E-state index is 7.68. The predicted molar refractivity (Wildman–Crippen MR) is 534 cm³/mol. The number of aryl methyl sites for hydroxylation is 3. The van der Waals surface area contributed by atoms with Crippen molar-refractivity contribution in [1.29, 1.82) is 0 Å². The van der Waals surface area contributed by atoms with Crippen LogP contribution in [0.25, 0.3) is 83.9 Å². The Labute approximate surface area is 761 Å². The first kappa shape index (κ1) is 81.8. The molecule has 2 unspecified atom stereocenters. The maximum absolute atomic E-state index is 7.68. The minimum Gasteiger partial charge on any atom is -0.497 e. The number of anilines is 2. The van der Waals surface area contributed by atoms with Crippen LogP contribution in [0.1, 0.15) is 186 Å². The molecule has 2 saturated carbocycles. The average molecular weight is 1690 g/mol. The summed E-state index contributed by atoms with van der Waals surface area (Å²) >= 11 is 0. The highest BCUT2D eigenvalue weighted by molar-refractivity contribution is 6.11. The van der Waals surface area contributed by atoms with E-state index in [1.165, 1.54) is 184 Å². The summed E-state index contributed by atoms with van der Waals surface area (Å²) in [5.74, 6) is 3.82. The van der Waals surface area contributed by atoms with Gasteiger partial charge in [0.2, 0.25) is 0 Å². The molecule has 7 nitrogen and oxygen atoms in total. The van der Waals surface area contributed by atoms with Crippen molar-refractivity contribution in [1.82, 2.24) is 0 Å². The molecule has 0 amide bonds. The molecule has 3 fully saturated rings. The number of nitrogens with zero attached hydrogens (tertiary/aromatic N) is 2. The summed E-state index contributed by atoms with van der Waals surface area (Å²) < 4.78 is 34.0. The van der Waals surface area contributed by atoms with Crippen LogP contribution in [0, 0.1) is 24.7 Å². The first-order chi connectivity index (χ1) is 62.9. The number of rotatable bonds is 9. The molecule has 24 rings (SSSR count). The zero-order valence-corrected chi connectivity index (χ0v) is 76.0. The Balaban J connectivity index is 0.000000115. The van der Waals surface area contributed by atoms with Crippen LogP contribution in [-0.4, -0.2) is 47.5 Å². The van der Waals surface area contributed by atoms with Crippen LogP contribution in [0.15, 0.2) is 315 Å². The highest BCUT2D eigenvalue weighted by atomic mass is 16.5. The van der Waals surface area contributed by atoms with Gasteiger partial charge in [-0.3, -0.25) is 0 Å². The average Bonchev–Trinajstić information content (AvgIpc) is 1.39. The number of hydrogen-bond acceptors (Lipinski definition) is 7. The van der Waals surface area contributed by atoms with E-state index in [9.17, 15) is 0 Å². The third-order valence-electron chi connectivity index (χ3n) is 30.1. The second-order valence-electron chi connectivity index (χ2n) is 39.7. The molecular weight excluding hydrogens is 1570 g/mol. The van der Waals surface area contributed by atoms with E-state index in [2.05, 4.69) is 399 Å². The van der Waals surface area contributed by atoms with Crippen molar-refractivity contribution < 1.29 is 23.7 Å². The predicted octanol–water partition coefficient (Wildman–Crippen LogP) is 29.4. The fraction of sp³-hybridized carbons (Fsp3) is 0.262. The summed E-state index contributed by atoms with van der Waals surface area (Å²) in [5.41, 5.74) is 30.3. The van der Waals surface area contributed by atoms with Gasteiger partial charge in [0.05, 0.1) is 20.3 Å². The quantitative estimate of drug-likeness (QED) is 0.143. The van der Waals surface area contributed by atoms with Gasteiger partial charge in [-0.15, -0.1) is 0 Å². The van der Waals surface area contributed by atoms with Crippen molar-refractivity contribution in [3.05, 3.63) is 410 Å². The lowest BCUT2D eigenvalue weighted by molar-refractivity contribution is 0.0641. The van der Waals surface area contributed by atoms with Gasteiger partial charge in [0, 0.05) is 116 Å². The summed E-state index contributed by atoms with van der Waals surface area (Å²) in [4.78, 5) is 4.55. The standard InChI is InChI=1S/C46H47NO3.C41H39NO.C35H28O/c1-43(2)28-44(3,4)30-45(29-43)39-14-10-9-13-36(39)40-35-20-19-34(48-5)27-38(35)42-37(41(40)45)21-22-46(50-42,31-11-7-6-8-12-31)32-15-17-33(18-16-32)47-23-25-49-26-24-47;1-42(2)31-23-21-30(22-24-31)41(29-15-7-6-8-16-29)28-25-35-38-37(32-17-9-10-18-33(32)39(35)43-41)34-19-11-12-20-36(34)40(38)26-13-4-3-5-14-27-40;1-23-11-16-26(17-12-23)35(27-18-13-24(2)14-19-27)22-21-31-29-9-5-6-10-30(29)33-28-8-4-3-7-25(28)15-20-32(33)34(31)36-35/h6-22,27H,23-26,28-30H2,1-5H3;6-12,15-25,28H,3-5,13-14,26-27H2,1-2H3;3-14,16-19,21-22H,15,20H2,1-2H3. The molecule has 9 aliphatic rings. The second kappa shape index (κ2) is 32.1. The van der Waals surface area contributed by atoms with Gasteiger partial charge in [-0.2, -0.15) is 0 Å². The summed E-state index contributed by atoms with van der Waals surface area (Å²) in [5, 5.41) is 7.38. The van der Waals surface area contributed by atoms with Crippen molar-refractivity contribution in [2.24, 2.45) is 10.8 Å². The Kier molecular flexibility index (Phi) is 20.3. The molecule has 0 bridgehead atoms. The molecule has 0 radical (unpaired) electrons. The zero-order valence-electron chi connectivity index (χ0n) is 76.0. The fourth-order valence-corrected chi connectivity index (χ4v) is 25.0. The van der Waals surface area contributed by atoms with Gasteiger partial charge in [0.1, 0.15) is 23.0 Å². The van der Waals surface area contributed by atoms with Gasteiger partial charge in [-0.25, -0.2) is 0 Å². The first-order valence-electron chi connectivity index (χ1n) is 47.1. The second-order valence-corrected chi connectivity index (χ2v) is 39.7. The van der Waals surface area contributed by atoms with E-state index in [0.29, 0.717) is 0 Å². The third kappa shape index (κ3) is 13.6. The van der Waals surface area contributed by atoms with E-state index in [4.69, 9.17) is 23.7 Å². The Morgan fingerprint density at radius 3 is 1.33 bits per heavy atom. The monoisotopic (exact) mass is 1690 g/mol. The van der Waals surface area contributed by atoms with Gasteiger partial charge in [-0.05, 0) is 219 Å². The van der Waals surface area contributed by atoms with Gasteiger partial charge < -0.3 is 33.5 Å². The van der Waals surface area contributed by atoms with Gasteiger partial charge >= 0.3 is 0 Å². The van der Waals surface area contributed by atoms with Crippen LogP contribution in [0.2, 0.25) is 0 Å². The van der Waals surface area contributed by atoms with E-state index in [1.807, 2.05) is 0 Å². The Morgan fingerprint density at radius 2 is 0.783 bits per heavy atom. The Hall–Kier alpha value is -12.9. The Bertz CT molecular complexity index is 6900. The number of ether oxygens (including phenoxy) is 5. The zero-order chi connectivity index (χ0) is 87.6. The largest absolute Gasteiger partial charge is 0.497 e. The molecule has 7 heteroatoms. The molecular formula is C122H114N2O5. The van der Waals surface area contributed by atoms with Crippen LogP contribution >= 0.6 is 0 Å². The highest BCUT2D eigenvalue weighted by Gasteiger charge is 2.57. The summed E-state index contributed by atoms with van der Waals surface area (Å²) in [6.07, 6.45) is 28.4. The number of fused-ring (bicyclic) bond motifs is 28. The maximum Gasteiger partial charge on any atom is 0.178 e. The van der Waals surface area contributed by atoms with Crippen molar-refractivity contribution >= 4 is 61.9 Å². The number of morpholine rings is 1. The molecule has 15 aromatic rings. The normalized spacial score (nSPS) is 19.6. The Morgan fingerprint density at radius 1 is 0.357 bits per heavy atom. The van der Waals surface area contributed by atoms with E-state index >= 15 is 0 Å². The van der Waals surface area contributed by atoms with Crippen LogP contribution < -0.4 is 28.7 Å². The lowest BCUT2D eigenvalue weighted by Crippen LogP contribution is -2.44. The molecule has 4 aliphatic heterocycles. The third-order valence-corrected chi connectivity index (χ3v) is 30.1. The van der Waals surface area contributed by atoms with E-state index in [-0.39, 0.29) is 21.7 Å². The fourth-order valence-electron chi connectivity index (χ4n) is 25.0. The van der Waals surface area contributed by atoms with Gasteiger partial charge in [0.15, 0.2) is 16.8 Å². The van der Waals surface area contributed by atoms with Crippen molar-refractivity contribution in [2.75, 3.05) is 57.3 Å². The minimum absolute atomic E-state index is 0.0221.